The van der Waals surface area contributed by atoms with Crippen LogP contribution < -0.4 is 14.8 Å². The van der Waals surface area contributed by atoms with Crippen LogP contribution in [0.3, 0.4) is 0 Å². The van der Waals surface area contributed by atoms with Crippen LogP contribution in [0.5, 0.6) is 11.5 Å². The lowest BCUT2D eigenvalue weighted by atomic mass is 10.1. The highest BCUT2D eigenvalue weighted by atomic mass is 16.5. The molecular weight excluding hydrogens is 342 g/mol. The van der Waals surface area contributed by atoms with Crippen LogP contribution in [-0.4, -0.2) is 19.3 Å². The van der Waals surface area contributed by atoms with Crippen LogP contribution in [0.25, 0.3) is 0 Å². The van der Waals surface area contributed by atoms with Gasteiger partial charge in [-0.15, -0.1) is 0 Å². The molecule has 3 aromatic carbocycles. The van der Waals surface area contributed by atoms with Crippen LogP contribution >= 0.6 is 0 Å². The fourth-order valence-corrected chi connectivity index (χ4v) is 2.57. The summed E-state index contributed by atoms with van der Waals surface area (Å²) in [6.07, 6.45) is 0.751. The number of benzene rings is 3. The van der Waals surface area contributed by atoms with Gasteiger partial charge in [0.1, 0.15) is 12.9 Å². The van der Waals surface area contributed by atoms with Crippen molar-refractivity contribution in [1.82, 2.24) is 0 Å². The molecule has 0 heterocycles. The monoisotopic (exact) mass is 361 g/mol. The first-order valence-electron chi connectivity index (χ1n) is 8.41. The maximum Gasteiger partial charge on any atom is 0.255 e. The van der Waals surface area contributed by atoms with Gasteiger partial charge in [-0.2, -0.15) is 0 Å². The van der Waals surface area contributed by atoms with E-state index in [4.69, 9.17) is 9.47 Å². The van der Waals surface area contributed by atoms with Crippen molar-refractivity contribution in [1.29, 1.82) is 0 Å². The van der Waals surface area contributed by atoms with Crippen molar-refractivity contribution in [3.63, 3.8) is 0 Å². The quantitative estimate of drug-likeness (QED) is 0.636. The van der Waals surface area contributed by atoms with Crippen LogP contribution in [0.2, 0.25) is 0 Å². The highest BCUT2D eigenvalue weighted by Crippen LogP contribution is 2.28. The lowest BCUT2D eigenvalue weighted by Gasteiger charge is -2.12. The highest BCUT2D eigenvalue weighted by Gasteiger charge is 2.09. The minimum atomic E-state index is -0.191. The maximum absolute atomic E-state index is 12.4. The first kappa shape index (κ1) is 18.2. The number of methoxy groups -OCH3 is 1. The van der Waals surface area contributed by atoms with Gasteiger partial charge in [0, 0.05) is 16.8 Å². The maximum atomic E-state index is 12.4. The molecule has 0 bridgehead atoms. The van der Waals surface area contributed by atoms with Crippen LogP contribution in [-0.2, 0) is 6.61 Å². The largest absolute Gasteiger partial charge is 0.493 e. The van der Waals surface area contributed by atoms with Crippen molar-refractivity contribution in [3.05, 3.63) is 89.5 Å². The van der Waals surface area contributed by atoms with Crippen LogP contribution in [0.1, 0.15) is 26.3 Å². The van der Waals surface area contributed by atoms with Gasteiger partial charge in [-0.3, -0.25) is 9.59 Å². The molecule has 3 rings (SSSR count). The van der Waals surface area contributed by atoms with E-state index in [1.54, 1.807) is 36.4 Å². The number of ether oxygens (including phenoxy) is 2. The van der Waals surface area contributed by atoms with Crippen molar-refractivity contribution < 1.29 is 19.1 Å². The Morgan fingerprint density at radius 1 is 0.963 bits per heavy atom. The summed E-state index contributed by atoms with van der Waals surface area (Å²) in [6.45, 7) is 0.241. The lowest BCUT2D eigenvalue weighted by molar-refractivity contribution is 0.102. The topological polar surface area (TPSA) is 64.6 Å². The molecule has 0 unspecified atom stereocenters. The van der Waals surface area contributed by atoms with E-state index in [0.717, 1.165) is 17.5 Å². The van der Waals surface area contributed by atoms with Gasteiger partial charge in [0.25, 0.3) is 5.91 Å². The third-order valence-electron chi connectivity index (χ3n) is 3.94. The van der Waals surface area contributed by atoms with Gasteiger partial charge in [0.05, 0.1) is 7.11 Å². The Morgan fingerprint density at radius 3 is 2.52 bits per heavy atom. The smallest absolute Gasteiger partial charge is 0.255 e. The zero-order valence-electron chi connectivity index (χ0n) is 14.8. The third kappa shape index (κ3) is 4.73. The molecule has 0 aliphatic carbocycles. The Balaban J connectivity index is 1.71. The van der Waals surface area contributed by atoms with Crippen LogP contribution in [0.15, 0.2) is 72.8 Å². The Morgan fingerprint density at radius 2 is 1.78 bits per heavy atom. The molecule has 1 N–H and O–H groups in total. The van der Waals surface area contributed by atoms with E-state index in [9.17, 15) is 9.59 Å². The Hall–Kier alpha value is -3.60. The van der Waals surface area contributed by atoms with Gasteiger partial charge >= 0.3 is 0 Å². The molecular formula is C22H19NO4. The molecule has 27 heavy (non-hydrogen) atoms. The summed E-state index contributed by atoms with van der Waals surface area (Å²) in [5, 5.41) is 2.85. The second-order valence-corrected chi connectivity index (χ2v) is 5.84. The van der Waals surface area contributed by atoms with Crippen molar-refractivity contribution in [2.75, 3.05) is 12.4 Å². The molecule has 1 amide bonds. The number of aldehydes is 1. The number of hydrogen-bond donors (Lipinski definition) is 1. The molecule has 0 saturated heterocycles. The Bertz CT molecular complexity index is 938. The normalized spacial score (nSPS) is 10.1. The van der Waals surface area contributed by atoms with E-state index < -0.39 is 0 Å². The van der Waals surface area contributed by atoms with Crippen molar-refractivity contribution in [3.8, 4) is 11.5 Å². The van der Waals surface area contributed by atoms with Gasteiger partial charge in [0.2, 0.25) is 0 Å². The summed E-state index contributed by atoms with van der Waals surface area (Å²) in [6, 6.07) is 21.4. The molecule has 3 aromatic rings. The molecule has 0 aromatic heterocycles. The van der Waals surface area contributed by atoms with Gasteiger partial charge in [0.15, 0.2) is 11.5 Å². The SMILES string of the molecule is COc1ccc(C=O)cc1OCc1cccc(C(=O)Nc2ccccc2)c1. The molecule has 0 fully saturated rings. The number of rotatable bonds is 7. The first-order valence-corrected chi connectivity index (χ1v) is 8.41. The number of amides is 1. The second-order valence-electron chi connectivity index (χ2n) is 5.84. The summed E-state index contributed by atoms with van der Waals surface area (Å²) >= 11 is 0. The first-order chi connectivity index (χ1) is 13.2. The number of nitrogens with one attached hydrogen (secondary N) is 1. The van der Waals surface area contributed by atoms with Crippen LogP contribution in [0, 0.1) is 0 Å². The Kier molecular flexibility index (Phi) is 5.84. The summed E-state index contributed by atoms with van der Waals surface area (Å²) in [5.74, 6) is 0.823. The molecule has 136 valence electrons. The number of hydrogen-bond acceptors (Lipinski definition) is 4. The molecule has 0 aliphatic heterocycles. The van der Waals surface area contributed by atoms with E-state index in [2.05, 4.69) is 5.32 Å². The average molecular weight is 361 g/mol. The predicted molar refractivity (Wildman–Crippen MR) is 104 cm³/mol. The van der Waals surface area contributed by atoms with E-state index >= 15 is 0 Å². The Labute approximate surface area is 157 Å². The van der Waals surface area contributed by atoms with Gasteiger partial charge in [-0.1, -0.05) is 30.3 Å². The van der Waals surface area contributed by atoms with Crippen molar-refractivity contribution >= 4 is 17.9 Å². The summed E-state index contributed by atoms with van der Waals surface area (Å²) in [4.78, 5) is 23.4. The van der Waals surface area contributed by atoms with Crippen LogP contribution in [0.4, 0.5) is 5.69 Å². The second kappa shape index (κ2) is 8.67. The molecule has 0 aliphatic rings. The third-order valence-corrected chi connectivity index (χ3v) is 3.94. The number of anilines is 1. The summed E-state index contributed by atoms with van der Waals surface area (Å²) in [5.41, 5.74) is 2.60. The fraction of sp³-hybridized carbons (Fsp3) is 0.0909. The number of para-hydroxylation sites is 1. The predicted octanol–water partition coefficient (Wildman–Crippen LogP) is 4.34. The van der Waals surface area contributed by atoms with Gasteiger partial charge in [-0.25, -0.2) is 0 Å². The zero-order chi connectivity index (χ0) is 19.1. The molecule has 0 radical (unpaired) electrons. The number of carbonyl (C=O) groups excluding carboxylic acids is 2. The molecule has 0 saturated carbocycles. The molecule has 0 spiro atoms. The van der Waals surface area contributed by atoms with Crippen molar-refractivity contribution in [2.24, 2.45) is 0 Å². The zero-order valence-corrected chi connectivity index (χ0v) is 14.8. The highest BCUT2D eigenvalue weighted by molar-refractivity contribution is 6.04. The molecule has 0 atom stereocenters. The van der Waals surface area contributed by atoms with E-state index in [0.29, 0.717) is 22.6 Å². The fourth-order valence-electron chi connectivity index (χ4n) is 2.57. The standard InChI is InChI=1S/C22H19NO4/c1-26-20-11-10-16(14-24)13-21(20)27-15-17-6-5-7-18(12-17)22(25)23-19-8-3-2-4-9-19/h2-14H,15H2,1H3,(H,23,25). The van der Waals surface area contributed by atoms with E-state index in [1.807, 2.05) is 36.4 Å². The molecule has 5 heteroatoms. The van der Waals surface area contributed by atoms with E-state index in [-0.39, 0.29) is 12.5 Å². The van der Waals surface area contributed by atoms with Gasteiger partial charge < -0.3 is 14.8 Å². The van der Waals surface area contributed by atoms with E-state index in [1.165, 1.54) is 7.11 Å². The molecule has 5 nitrogen and oxygen atoms in total. The van der Waals surface area contributed by atoms with Gasteiger partial charge in [-0.05, 0) is 48.0 Å². The number of carbonyl (C=O) groups is 2. The summed E-state index contributed by atoms with van der Waals surface area (Å²) in [7, 11) is 1.54. The average Bonchev–Trinajstić information content (AvgIpc) is 2.73. The minimum absolute atomic E-state index is 0.191. The van der Waals surface area contributed by atoms with Crippen molar-refractivity contribution in [2.45, 2.75) is 6.61 Å². The lowest BCUT2D eigenvalue weighted by Crippen LogP contribution is -2.12. The minimum Gasteiger partial charge on any atom is -0.493 e. The summed E-state index contributed by atoms with van der Waals surface area (Å²) < 4.78 is 11.1.